The minimum Gasteiger partial charge on any atom is -0.322 e. The number of fused-ring (bicyclic) bond motifs is 1. The maximum absolute atomic E-state index is 12.7. The average Bonchev–Trinajstić information content (AvgIpc) is 2.79. The summed E-state index contributed by atoms with van der Waals surface area (Å²) in [5.41, 5.74) is 3.87. The zero-order chi connectivity index (χ0) is 15.1. The summed E-state index contributed by atoms with van der Waals surface area (Å²) >= 11 is 0. The third-order valence-electron chi connectivity index (χ3n) is 4.40. The van der Waals surface area contributed by atoms with Crippen molar-refractivity contribution in [1.82, 2.24) is 10.2 Å². The molecule has 5 heteroatoms. The zero-order valence-corrected chi connectivity index (χ0v) is 12.2. The number of imide groups is 1. The number of carbonyl (C=O) groups is 3. The Kier molecular flexibility index (Phi) is 3.27. The summed E-state index contributed by atoms with van der Waals surface area (Å²) in [6.07, 6.45) is 1.48. The van der Waals surface area contributed by atoms with Crippen molar-refractivity contribution in [2.75, 3.05) is 0 Å². The maximum atomic E-state index is 12.7. The Balaban J connectivity index is 1.95. The first-order valence-corrected chi connectivity index (χ1v) is 7.29. The second-order valence-corrected chi connectivity index (χ2v) is 5.65. The van der Waals surface area contributed by atoms with Gasteiger partial charge in [0.25, 0.3) is 5.91 Å². The monoisotopic (exact) mass is 286 g/mol. The number of benzene rings is 1. The highest BCUT2D eigenvalue weighted by molar-refractivity contribution is 6.06. The Morgan fingerprint density at radius 3 is 2.71 bits per heavy atom. The second-order valence-electron chi connectivity index (χ2n) is 5.65. The van der Waals surface area contributed by atoms with Crippen LogP contribution in [0.1, 0.15) is 46.8 Å². The average molecular weight is 286 g/mol. The van der Waals surface area contributed by atoms with Crippen LogP contribution in [0.15, 0.2) is 12.1 Å². The number of nitrogens with one attached hydrogen (secondary N) is 1. The van der Waals surface area contributed by atoms with E-state index in [9.17, 15) is 14.4 Å². The van der Waals surface area contributed by atoms with Crippen molar-refractivity contribution >= 4 is 17.7 Å². The fraction of sp³-hybridized carbons (Fsp3) is 0.438. The van der Waals surface area contributed by atoms with E-state index in [0.29, 0.717) is 13.0 Å². The van der Waals surface area contributed by atoms with Crippen LogP contribution < -0.4 is 5.32 Å². The van der Waals surface area contributed by atoms with Crippen molar-refractivity contribution in [2.45, 2.75) is 45.7 Å². The lowest BCUT2D eigenvalue weighted by Gasteiger charge is -2.29. The number of amides is 3. The van der Waals surface area contributed by atoms with E-state index in [2.05, 4.69) is 5.32 Å². The number of carbonyl (C=O) groups excluding carboxylic acids is 3. The fourth-order valence-electron chi connectivity index (χ4n) is 3.18. The summed E-state index contributed by atoms with van der Waals surface area (Å²) in [7, 11) is 0. The molecule has 1 aromatic carbocycles. The quantitative estimate of drug-likeness (QED) is 0.834. The molecule has 1 unspecified atom stereocenters. The highest BCUT2D eigenvalue weighted by atomic mass is 16.2. The molecule has 0 radical (unpaired) electrons. The molecule has 3 rings (SSSR count). The van der Waals surface area contributed by atoms with Crippen LogP contribution >= 0.6 is 0 Å². The van der Waals surface area contributed by atoms with Gasteiger partial charge in [0, 0.05) is 18.5 Å². The standard InChI is InChI=1S/C16H18N2O3/c1-3-10-5-4-9(2)11-8-18(16(21)14(10)11)12-6-7-13(19)17-15(12)20/h4-5,12H,3,6-8H2,1-2H3,(H,17,19,20). The largest absolute Gasteiger partial charge is 0.322 e. The number of nitrogens with zero attached hydrogens (tertiary/aromatic N) is 1. The number of hydrogen-bond donors (Lipinski definition) is 1. The van der Waals surface area contributed by atoms with Crippen LogP contribution in [0.2, 0.25) is 0 Å². The molecule has 0 bridgehead atoms. The van der Waals surface area contributed by atoms with Crippen LogP contribution in [0.3, 0.4) is 0 Å². The Bertz CT molecular complexity index is 651. The van der Waals surface area contributed by atoms with E-state index in [1.54, 1.807) is 4.90 Å². The molecule has 0 spiro atoms. The van der Waals surface area contributed by atoms with Gasteiger partial charge in [-0.3, -0.25) is 19.7 Å². The van der Waals surface area contributed by atoms with E-state index < -0.39 is 6.04 Å². The molecule has 110 valence electrons. The Morgan fingerprint density at radius 1 is 1.29 bits per heavy atom. The Morgan fingerprint density at radius 2 is 2.05 bits per heavy atom. The van der Waals surface area contributed by atoms with Crippen molar-refractivity contribution in [3.8, 4) is 0 Å². The van der Waals surface area contributed by atoms with Gasteiger partial charge < -0.3 is 4.90 Å². The molecule has 1 fully saturated rings. The lowest BCUT2D eigenvalue weighted by molar-refractivity contribution is -0.136. The highest BCUT2D eigenvalue weighted by Gasteiger charge is 2.40. The van der Waals surface area contributed by atoms with Crippen molar-refractivity contribution in [3.63, 3.8) is 0 Å². The van der Waals surface area contributed by atoms with Gasteiger partial charge in [-0.25, -0.2) is 0 Å². The maximum Gasteiger partial charge on any atom is 0.255 e. The predicted molar refractivity (Wildman–Crippen MR) is 76.6 cm³/mol. The summed E-state index contributed by atoms with van der Waals surface area (Å²) < 4.78 is 0. The van der Waals surface area contributed by atoms with Crippen LogP contribution in [-0.2, 0) is 22.6 Å². The summed E-state index contributed by atoms with van der Waals surface area (Å²) in [6, 6.07) is 3.48. The van der Waals surface area contributed by atoms with Crippen molar-refractivity contribution in [1.29, 1.82) is 0 Å². The minimum atomic E-state index is -0.535. The van der Waals surface area contributed by atoms with Gasteiger partial charge in [-0.1, -0.05) is 19.1 Å². The Hall–Kier alpha value is -2.17. The third-order valence-corrected chi connectivity index (χ3v) is 4.40. The molecule has 21 heavy (non-hydrogen) atoms. The molecule has 1 N–H and O–H groups in total. The van der Waals surface area contributed by atoms with Gasteiger partial charge in [0.15, 0.2) is 0 Å². The summed E-state index contributed by atoms with van der Waals surface area (Å²) in [4.78, 5) is 37.6. The van der Waals surface area contributed by atoms with E-state index in [0.717, 1.165) is 28.7 Å². The first-order chi connectivity index (χ1) is 10.0. The van der Waals surface area contributed by atoms with E-state index in [1.807, 2.05) is 26.0 Å². The van der Waals surface area contributed by atoms with Gasteiger partial charge in [-0.05, 0) is 36.5 Å². The van der Waals surface area contributed by atoms with E-state index in [4.69, 9.17) is 0 Å². The molecule has 2 aliphatic heterocycles. The molecule has 0 aromatic heterocycles. The molecule has 1 saturated heterocycles. The number of hydrogen-bond acceptors (Lipinski definition) is 3. The molecular formula is C16H18N2O3. The molecule has 1 atom stereocenters. The molecule has 5 nitrogen and oxygen atoms in total. The normalized spacial score (nSPS) is 21.5. The van der Waals surface area contributed by atoms with Gasteiger partial charge >= 0.3 is 0 Å². The molecule has 0 aliphatic carbocycles. The summed E-state index contributed by atoms with van der Waals surface area (Å²) in [5, 5.41) is 2.33. The van der Waals surface area contributed by atoms with Gasteiger partial charge in [-0.2, -0.15) is 0 Å². The first kappa shape index (κ1) is 13.8. The van der Waals surface area contributed by atoms with Gasteiger partial charge in [0.1, 0.15) is 6.04 Å². The van der Waals surface area contributed by atoms with E-state index in [1.165, 1.54) is 0 Å². The van der Waals surface area contributed by atoms with Gasteiger partial charge in [-0.15, -0.1) is 0 Å². The number of aryl methyl sites for hydroxylation is 2. The van der Waals surface area contributed by atoms with Crippen molar-refractivity contribution in [3.05, 3.63) is 34.4 Å². The van der Waals surface area contributed by atoms with Gasteiger partial charge in [0.05, 0.1) is 0 Å². The number of piperidine rings is 1. The van der Waals surface area contributed by atoms with Crippen molar-refractivity contribution < 1.29 is 14.4 Å². The third kappa shape index (κ3) is 2.13. The summed E-state index contributed by atoms with van der Waals surface area (Å²) in [5.74, 6) is -0.700. The van der Waals surface area contributed by atoms with Crippen LogP contribution in [0, 0.1) is 6.92 Å². The molecular weight excluding hydrogens is 268 g/mol. The topological polar surface area (TPSA) is 66.5 Å². The molecule has 3 amide bonds. The minimum absolute atomic E-state index is 0.0833. The molecule has 2 aliphatic rings. The smallest absolute Gasteiger partial charge is 0.255 e. The van der Waals surface area contributed by atoms with Crippen LogP contribution in [-0.4, -0.2) is 28.7 Å². The lowest BCUT2D eigenvalue weighted by Crippen LogP contribution is -2.52. The second kappa shape index (κ2) is 4.98. The SMILES string of the molecule is CCc1ccc(C)c2c1C(=O)N(C1CCC(=O)NC1=O)C2. The molecule has 1 aromatic rings. The van der Waals surface area contributed by atoms with Crippen molar-refractivity contribution in [2.24, 2.45) is 0 Å². The number of rotatable bonds is 2. The van der Waals surface area contributed by atoms with E-state index >= 15 is 0 Å². The van der Waals surface area contributed by atoms with Crippen LogP contribution in [0.5, 0.6) is 0 Å². The predicted octanol–water partition coefficient (Wildman–Crippen LogP) is 1.32. The fourth-order valence-corrected chi connectivity index (χ4v) is 3.18. The molecule has 0 saturated carbocycles. The Labute approximate surface area is 123 Å². The zero-order valence-electron chi connectivity index (χ0n) is 12.2. The summed E-state index contributed by atoms with van der Waals surface area (Å²) in [6.45, 7) is 4.46. The van der Waals surface area contributed by atoms with E-state index in [-0.39, 0.29) is 24.1 Å². The highest BCUT2D eigenvalue weighted by Crippen LogP contribution is 2.32. The van der Waals surface area contributed by atoms with Crippen LogP contribution in [0.25, 0.3) is 0 Å². The lowest BCUT2D eigenvalue weighted by atomic mass is 9.97. The first-order valence-electron chi connectivity index (χ1n) is 7.29. The van der Waals surface area contributed by atoms with Gasteiger partial charge in [0.2, 0.25) is 11.8 Å². The molecule has 2 heterocycles. The van der Waals surface area contributed by atoms with Crippen LogP contribution in [0.4, 0.5) is 0 Å².